The summed E-state index contributed by atoms with van der Waals surface area (Å²) < 4.78 is 26.2. The molecule has 1 aromatic carbocycles. The van der Waals surface area contributed by atoms with Crippen molar-refractivity contribution in [2.75, 3.05) is 32.7 Å². The molecule has 1 saturated heterocycles. The molecule has 1 aliphatic rings. The molecule has 0 unspecified atom stereocenters. The summed E-state index contributed by atoms with van der Waals surface area (Å²) in [6.45, 7) is 9.90. The summed E-state index contributed by atoms with van der Waals surface area (Å²) in [7, 11) is -3.29. The largest absolute Gasteiger partial charge is 0.301 e. The zero-order valence-corrected chi connectivity index (χ0v) is 12.9. The molecule has 0 N–H and O–H groups in total. The van der Waals surface area contributed by atoms with Gasteiger partial charge in [0.05, 0.1) is 4.90 Å². The van der Waals surface area contributed by atoms with Gasteiger partial charge in [-0.1, -0.05) is 39.0 Å². The van der Waals surface area contributed by atoms with Crippen molar-refractivity contribution in [2.45, 2.75) is 25.7 Å². The molecule has 5 heteroatoms. The van der Waals surface area contributed by atoms with E-state index in [9.17, 15) is 8.42 Å². The predicted octanol–water partition coefficient (Wildman–Crippen LogP) is 2.04. The van der Waals surface area contributed by atoms with Crippen molar-refractivity contribution in [1.82, 2.24) is 9.21 Å². The van der Waals surface area contributed by atoms with Gasteiger partial charge < -0.3 is 4.90 Å². The Labute approximate surface area is 117 Å². The third kappa shape index (κ3) is 4.03. The molecule has 2 rings (SSSR count). The van der Waals surface area contributed by atoms with Gasteiger partial charge in [-0.25, -0.2) is 8.42 Å². The van der Waals surface area contributed by atoms with Gasteiger partial charge in [0, 0.05) is 26.2 Å². The zero-order valence-electron chi connectivity index (χ0n) is 12.0. The fraction of sp³-hybridized carbons (Fsp3) is 0.571. The quantitative estimate of drug-likeness (QED) is 0.853. The van der Waals surface area contributed by atoms with Crippen LogP contribution < -0.4 is 0 Å². The summed E-state index contributed by atoms with van der Waals surface area (Å²) in [6.07, 6.45) is 0. The first kappa shape index (κ1) is 16.1. The van der Waals surface area contributed by atoms with E-state index in [2.05, 4.69) is 11.8 Å². The maximum atomic E-state index is 12.3. The minimum absolute atomic E-state index is 0.393. The van der Waals surface area contributed by atoms with E-state index in [1.165, 1.54) is 0 Å². The minimum atomic E-state index is -3.29. The van der Waals surface area contributed by atoms with Crippen molar-refractivity contribution >= 4 is 10.0 Å². The Morgan fingerprint density at radius 1 is 1.00 bits per heavy atom. The van der Waals surface area contributed by atoms with E-state index < -0.39 is 10.0 Å². The molecule has 108 valence electrons. The molecule has 1 aromatic rings. The lowest BCUT2D eigenvalue weighted by atomic mass is 10.4. The summed E-state index contributed by atoms with van der Waals surface area (Å²) in [4.78, 5) is 2.65. The van der Waals surface area contributed by atoms with E-state index in [1.54, 1.807) is 28.6 Å². The Kier molecular flexibility index (Phi) is 6.48. The second kappa shape index (κ2) is 7.62. The molecular weight excluding hydrogens is 260 g/mol. The smallest absolute Gasteiger partial charge is 0.243 e. The number of sulfonamides is 1. The second-order valence-corrected chi connectivity index (χ2v) is 6.09. The van der Waals surface area contributed by atoms with Crippen LogP contribution in [0.25, 0.3) is 0 Å². The molecule has 0 aliphatic carbocycles. The Hall–Kier alpha value is -0.910. The molecule has 19 heavy (non-hydrogen) atoms. The molecule has 1 heterocycles. The topological polar surface area (TPSA) is 40.6 Å². The summed E-state index contributed by atoms with van der Waals surface area (Å²) in [5.41, 5.74) is 0. The van der Waals surface area contributed by atoms with Crippen LogP contribution in [0.15, 0.2) is 35.2 Å². The highest BCUT2D eigenvalue weighted by Gasteiger charge is 2.27. The fourth-order valence-electron chi connectivity index (χ4n) is 2.03. The predicted molar refractivity (Wildman–Crippen MR) is 78.7 cm³/mol. The number of likely N-dealkylation sites (N-methyl/N-ethyl adjacent to an activating group) is 1. The summed E-state index contributed by atoms with van der Waals surface area (Å²) in [6, 6.07) is 8.65. The molecule has 0 radical (unpaired) electrons. The lowest BCUT2D eigenvalue weighted by Gasteiger charge is -2.33. The van der Waals surface area contributed by atoms with Gasteiger partial charge in [-0.3, -0.25) is 0 Å². The summed E-state index contributed by atoms with van der Waals surface area (Å²) >= 11 is 0. The molecule has 0 atom stereocenters. The van der Waals surface area contributed by atoms with E-state index in [0.717, 1.165) is 19.6 Å². The molecule has 0 spiro atoms. The van der Waals surface area contributed by atoms with E-state index in [1.807, 2.05) is 19.9 Å². The van der Waals surface area contributed by atoms with Crippen molar-refractivity contribution in [3.8, 4) is 0 Å². The van der Waals surface area contributed by atoms with Crippen LogP contribution in [-0.4, -0.2) is 50.3 Å². The molecular formula is C14H24N2O2S. The molecule has 1 aliphatic heterocycles. The van der Waals surface area contributed by atoms with Crippen LogP contribution in [0.5, 0.6) is 0 Å². The van der Waals surface area contributed by atoms with Crippen molar-refractivity contribution < 1.29 is 8.42 Å². The van der Waals surface area contributed by atoms with Gasteiger partial charge in [0.2, 0.25) is 10.0 Å². The molecule has 0 bridgehead atoms. The maximum absolute atomic E-state index is 12.3. The van der Waals surface area contributed by atoms with Gasteiger partial charge in [0.25, 0.3) is 0 Å². The standard InChI is InChI=1S/C12H18N2O2S.C2H6/c1-2-13-8-10-14(11-9-13)17(15,16)12-6-4-3-5-7-12;1-2/h3-7H,2,8-11H2,1H3;1-2H3. The first-order valence-electron chi connectivity index (χ1n) is 6.92. The fourth-order valence-corrected chi connectivity index (χ4v) is 3.47. The lowest BCUT2D eigenvalue weighted by molar-refractivity contribution is 0.196. The number of benzene rings is 1. The summed E-state index contributed by atoms with van der Waals surface area (Å²) in [5.74, 6) is 0. The Morgan fingerprint density at radius 2 is 1.53 bits per heavy atom. The Morgan fingerprint density at radius 3 is 2.00 bits per heavy atom. The summed E-state index contributed by atoms with van der Waals surface area (Å²) in [5, 5.41) is 0. The van der Waals surface area contributed by atoms with Gasteiger partial charge >= 0.3 is 0 Å². The number of piperazine rings is 1. The van der Waals surface area contributed by atoms with Crippen molar-refractivity contribution in [3.63, 3.8) is 0 Å². The molecule has 4 nitrogen and oxygen atoms in total. The normalized spacial score (nSPS) is 17.6. The first-order chi connectivity index (χ1) is 9.14. The Bertz CT molecular complexity index is 452. The SMILES string of the molecule is CC.CCN1CCN(S(=O)(=O)c2ccccc2)CC1. The highest BCUT2D eigenvalue weighted by atomic mass is 32.2. The third-order valence-corrected chi connectivity index (χ3v) is 5.07. The number of nitrogens with zero attached hydrogens (tertiary/aromatic N) is 2. The van der Waals surface area contributed by atoms with Crippen molar-refractivity contribution in [3.05, 3.63) is 30.3 Å². The van der Waals surface area contributed by atoms with Crippen LogP contribution in [0.4, 0.5) is 0 Å². The highest BCUT2D eigenvalue weighted by molar-refractivity contribution is 7.89. The number of hydrogen-bond donors (Lipinski definition) is 0. The van der Waals surface area contributed by atoms with Crippen molar-refractivity contribution in [2.24, 2.45) is 0 Å². The van der Waals surface area contributed by atoms with E-state index >= 15 is 0 Å². The second-order valence-electron chi connectivity index (χ2n) is 4.15. The third-order valence-electron chi connectivity index (χ3n) is 3.16. The van der Waals surface area contributed by atoms with Gasteiger partial charge in [0.1, 0.15) is 0 Å². The van der Waals surface area contributed by atoms with E-state index in [-0.39, 0.29) is 0 Å². The first-order valence-corrected chi connectivity index (χ1v) is 8.36. The average Bonchev–Trinajstić information content (AvgIpc) is 2.50. The molecule has 1 fully saturated rings. The van der Waals surface area contributed by atoms with Crippen LogP contribution in [0.3, 0.4) is 0 Å². The molecule has 0 amide bonds. The van der Waals surface area contributed by atoms with Gasteiger partial charge in [0.15, 0.2) is 0 Å². The zero-order chi connectivity index (χ0) is 14.3. The minimum Gasteiger partial charge on any atom is -0.301 e. The monoisotopic (exact) mass is 284 g/mol. The van der Waals surface area contributed by atoms with Crippen LogP contribution >= 0.6 is 0 Å². The number of hydrogen-bond acceptors (Lipinski definition) is 3. The van der Waals surface area contributed by atoms with Gasteiger partial charge in [-0.2, -0.15) is 4.31 Å². The van der Waals surface area contributed by atoms with E-state index in [4.69, 9.17) is 0 Å². The highest BCUT2D eigenvalue weighted by Crippen LogP contribution is 2.16. The van der Waals surface area contributed by atoms with Crippen LogP contribution in [0.2, 0.25) is 0 Å². The van der Waals surface area contributed by atoms with Gasteiger partial charge in [-0.05, 0) is 18.7 Å². The van der Waals surface area contributed by atoms with Crippen LogP contribution in [0.1, 0.15) is 20.8 Å². The lowest BCUT2D eigenvalue weighted by Crippen LogP contribution is -2.48. The van der Waals surface area contributed by atoms with Crippen molar-refractivity contribution in [1.29, 1.82) is 0 Å². The molecule has 0 saturated carbocycles. The van der Waals surface area contributed by atoms with E-state index in [0.29, 0.717) is 18.0 Å². The average molecular weight is 284 g/mol. The molecule has 0 aromatic heterocycles. The van der Waals surface area contributed by atoms with Crippen LogP contribution in [-0.2, 0) is 10.0 Å². The number of rotatable bonds is 3. The Balaban J connectivity index is 0.000000861. The van der Waals surface area contributed by atoms with Crippen LogP contribution in [0, 0.1) is 0 Å². The maximum Gasteiger partial charge on any atom is 0.243 e. The van der Waals surface area contributed by atoms with Gasteiger partial charge in [-0.15, -0.1) is 0 Å².